The number of allylic oxidation sites excluding steroid dienone is 1. The van der Waals surface area contributed by atoms with Crippen molar-refractivity contribution in [3.63, 3.8) is 0 Å². The fourth-order valence-corrected chi connectivity index (χ4v) is 3.71. The summed E-state index contributed by atoms with van der Waals surface area (Å²) >= 11 is 0. The summed E-state index contributed by atoms with van der Waals surface area (Å²) in [4.78, 5) is 12.1. The number of carbonyl (C=O) groups is 1. The van der Waals surface area contributed by atoms with Crippen molar-refractivity contribution in [3.05, 3.63) is 77.9 Å². The van der Waals surface area contributed by atoms with E-state index in [4.69, 9.17) is 0 Å². The highest BCUT2D eigenvalue weighted by molar-refractivity contribution is 5.77. The number of benzene rings is 2. The molecule has 0 radical (unpaired) electrons. The van der Waals surface area contributed by atoms with E-state index in [2.05, 4.69) is 12.2 Å². The van der Waals surface area contributed by atoms with Crippen LogP contribution in [-0.4, -0.2) is 11.1 Å². The van der Waals surface area contributed by atoms with Gasteiger partial charge in [0.15, 0.2) is 0 Å². The Hall–Kier alpha value is -2.35. The van der Waals surface area contributed by atoms with Crippen LogP contribution in [0.5, 0.6) is 0 Å². The van der Waals surface area contributed by atoms with Crippen molar-refractivity contribution in [2.75, 3.05) is 0 Å². The van der Waals surface area contributed by atoms with Crippen molar-refractivity contribution in [1.82, 2.24) is 0 Å². The summed E-state index contributed by atoms with van der Waals surface area (Å²) in [5, 5.41) is 9.96. The van der Waals surface area contributed by atoms with E-state index in [9.17, 15) is 9.90 Å². The van der Waals surface area contributed by atoms with E-state index in [0.717, 1.165) is 36.8 Å². The van der Waals surface area contributed by atoms with Crippen LogP contribution in [0.2, 0.25) is 0 Å². The second-order valence-corrected chi connectivity index (χ2v) is 6.33. The Kier molecular flexibility index (Phi) is 4.61. The highest BCUT2D eigenvalue weighted by atomic mass is 16.4. The van der Waals surface area contributed by atoms with Crippen LogP contribution in [0.4, 0.5) is 0 Å². The Morgan fingerprint density at radius 1 is 0.957 bits per heavy atom. The van der Waals surface area contributed by atoms with Crippen LogP contribution >= 0.6 is 0 Å². The average molecular weight is 306 g/mol. The molecule has 0 spiro atoms. The molecule has 0 unspecified atom stereocenters. The number of rotatable bonds is 5. The summed E-state index contributed by atoms with van der Waals surface area (Å²) in [5.41, 5.74) is 1.52. The number of hydrogen-bond donors (Lipinski definition) is 1. The highest BCUT2D eigenvalue weighted by Crippen LogP contribution is 2.50. The van der Waals surface area contributed by atoms with E-state index in [0.29, 0.717) is 0 Å². The summed E-state index contributed by atoms with van der Waals surface area (Å²) in [6.45, 7) is 0. The normalized spacial score (nSPS) is 18.1. The van der Waals surface area contributed by atoms with Gasteiger partial charge in [0.1, 0.15) is 0 Å². The van der Waals surface area contributed by atoms with Crippen LogP contribution < -0.4 is 0 Å². The van der Waals surface area contributed by atoms with E-state index < -0.39 is 11.4 Å². The minimum atomic E-state index is -0.674. The summed E-state index contributed by atoms with van der Waals surface area (Å²) in [6.07, 6.45) is 7.64. The molecule has 2 nitrogen and oxygen atoms in total. The lowest BCUT2D eigenvalue weighted by Crippen LogP contribution is -2.34. The number of aliphatic carboxylic acids is 1. The molecule has 118 valence electrons. The first kappa shape index (κ1) is 15.5. The molecule has 1 aliphatic rings. The molecule has 0 aromatic heterocycles. The summed E-state index contributed by atoms with van der Waals surface area (Å²) in [5.74, 6) is -0.759. The third-order valence-electron chi connectivity index (χ3n) is 4.96. The van der Waals surface area contributed by atoms with E-state index in [1.807, 2.05) is 60.7 Å². The van der Waals surface area contributed by atoms with Gasteiger partial charge in [-0.1, -0.05) is 85.7 Å². The Bertz CT molecular complexity index is 668. The fraction of sp³-hybridized carbons (Fsp3) is 0.286. The molecule has 2 aromatic carbocycles. The largest absolute Gasteiger partial charge is 0.481 e. The van der Waals surface area contributed by atoms with Gasteiger partial charge in [0.2, 0.25) is 0 Å². The molecule has 0 amide bonds. The standard InChI is InChI=1S/C21H22O2/c22-20(23)21(15-7-8-16-21)19(18-11-5-2-6-12-18)14-13-17-9-3-1-4-10-17/h1-6,9-14,19H,7-8,15-16H2,(H,22,23)/b14-13+/t19-/m1/s1. The smallest absolute Gasteiger partial charge is 0.310 e. The van der Waals surface area contributed by atoms with Crippen molar-refractivity contribution in [1.29, 1.82) is 0 Å². The van der Waals surface area contributed by atoms with Gasteiger partial charge < -0.3 is 5.11 Å². The minimum absolute atomic E-state index is 0.0936. The van der Waals surface area contributed by atoms with Gasteiger partial charge in [0.05, 0.1) is 5.41 Å². The van der Waals surface area contributed by atoms with Crippen molar-refractivity contribution >= 4 is 12.0 Å². The van der Waals surface area contributed by atoms with Crippen LogP contribution in [0, 0.1) is 5.41 Å². The second-order valence-electron chi connectivity index (χ2n) is 6.33. The SMILES string of the molecule is O=C(O)C1([C@H](/C=C/c2ccccc2)c2ccccc2)CCCC1. The first-order valence-corrected chi connectivity index (χ1v) is 8.24. The van der Waals surface area contributed by atoms with Crippen LogP contribution in [-0.2, 0) is 4.79 Å². The molecule has 23 heavy (non-hydrogen) atoms. The van der Waals surface area contributed by atoms with Crippen molar-refractivity contribution in [2.24, 2.45) is 5.41 Å². The Morgan fingerprint density at radius 3 is 2.09 bits per heavy atom. The number of hydrogen-bond acceptors (Lipinski definition) is 1. The second kappa shape index (κ2) is 6.82. The lowest BCUT2D eigenvalue weighted by molar-refractivity contribution is -0.149. The molecule has 1 fully saturated rings. The lowest BCUT2D eigenvalue weighted by Gasteiger charge is -2.32. The molecule has 1 atom stereocenters. The first-order valence-electron chi connectivity index (χ1n) is 8.24. The van der Waals surface area contributed by atoms with Crippen LogP contribution in [0.25, 0.3) is 6.08 Å². The maximum absolute atomic E-state index is 12.1. The molecule has 1 N–H and O–H groups in total. The molecule has 3 rings (SSSR count). The summed E-state index contributed by atoms with van der Waals surface area (Å²) in [7, 11) is 0. The molecule has 0 aliphatic heterocycles. The Labute approximate surface area is 137 Å². The van der Waals surface area contributed by atoms with Gasteiger partial charge in [0, 0.05) is 5.92 Å². The molecular weight excluding hydrogens is 284 g/mol. The summed E-state index contributed by atoms with van der Waals surface area (Å²) < 4.78 is 0. The number of carboxylic acid groups (broad SMARTS) is 1. The number of carboxylic acids is 1. The molecule has 0 heterocycles. The van der Waals surface area contributed by atoms with Crippen molar-refractivity contribution in [3.8, 4) is 0 Å². The van der Waals surface area contributed by atoms with Gasteiger partial charge in [-0.05, 0) is 24.0 Å². The zero-order chi connectivity index (χ0) is 16.1. The van der Waals surface area contributed by atoms with Gasteiger partial charge in [0.25, 0.3) is 0 Å². The van der Waals surface area contributed by atoms with Crippen molar-refractivity contribution in [2.45, 2.75) is 31.6 Å². The predicted molar refractivity (Wildman–Crippen MR) is 93.2 cm³/mol. The highest BCUT2D eigenvalue weighted by Gasteiger charge is 2.47. The Morgan fingerprint density at radius 2 is 1.52 bits per heavy atom. The van der Waals surface area contributed by atoms with Crippen LogP contribution in [0.15, 0.2) is 66.7 Å². The minimum Gasteiger partial charge on any atom is -0.481 e. The quantitative estimate of drug-likeness (QED) is 0.831. The molecule has 2 aromatic rings. The third kappa shape index (κ3) is 3.21. The molecule has 0 saturated heterocycles. The van der Waals surface area contributed by atoms with Gasteiger partial charge in [-0.15, -0.1) is 0 Å². The third-order valence-corrected chi connectivity index (χ3v) is 4.96. The first-order chi connectivity index (χ1) is 11.2. The average Bonchev–Trinajstić information content (AvgIpc) is 3.08. The summed E-state index contributed by atoms with van der Waals surface area (Å²) in [6, 6.07) is 20.1. The molecule has 0 bridgehead atoms. The fourth-order valence-electron chi connectivity index (χ4n) is 3.71. The van der Waals surface area contributed by atoms with E-state index in [1.165, 1.54) is 0 Å². The monoisotopic (exact) mass is 306 g/mol. The van der Waals surface area contributed by atoms with Gasteiger partial charge in [-0.2, -0.15) is 0 Å². The predicted octanol–water partition coefficient (Wildman–Crippen LogP) is 5.13. The molecular formula is C21H22O2. The van der Waals surface area contributed by atoms with Gasteiger partial charge in [-0.25, -0.2) is 0 Å². The maximum Gasteiger partial charge on any atom is 0.310 e. The van der Waals surface area contributed by atoms with Gasteiger partial charge in [-0.3, -0.25) is 4.79 Å². The van der Waals surface area contributed by atoms with E-state index in [1.54, 1.807) is 0 Å². The van der Waals surface area contributed by atoms with E-state index in [-0.39, 0.29) is 5.92 Å². The maximum atomic E-state index is 12.1. The van der Waals surface area contributed by atoms with Crippen LogP contribution in [0.1, 0.15) is 42.7 Å². The zero-order valence-electron chi connectivity index (χ0n) is 13.2. The Balaban J connectivity index is 2.00. The lowest BCUT2D eigenvalue weighted by atomic mass is 9.70. The van der Waals surface area contributed by atoms with Gasteiger partial charge >= 0.3 is 5.97 Å². The molecule has 2 heteroatoms. The molecule has 1 saturated carbocycles. The van der Waals surface area contributed by atoms with E-state index >= 15 is 0 Å². The zero-order valence-corrected chi connectivity index (χ0v) is 13.2. The topological polar surface area (TPSA) is 37.3 Å². The molecule has 1 aliphatic carbocycles. The van der Waals surface area contributed by atoms with Crippen LogP contribution in [0.3, 0.4) is 0 Å². The van der Waals surface area contributed by atoms with Crippen molar-refractivity contribution < 1.29 is 9.90 Å².